The number of nitrogens with zero attached hydrogens (tertiary/aromatic N) is 1. The average molecular weight is 200 g/mol. The Hall–Kier alpha value is -0.650. The molecular weight excluding hydrogens is 180 g/mol. The van der Waals surface area contributed by atoms with E-state index in [9.17, 15) is 4.79 Å². The molecular formula is C9H20N4O. The molecule has 2 atom stereocenters. The van der Waals surface area contributed by atoms with Crippen LogP contribution in [0.25, 0.3) is 0 Å². The Morgan fingerprint density at radius 3 is 3.00 bits per heavy atom. The van der Waals surface area contributed by atoms with Gasteiger partial charge in [-0.2, -0.15) is 0 Å². The number of hydrogen-bond acceptors (Lipinski definition) is 4. The molecule has 0 aromatic heterocycles. The van der Waals surface area contributed by atoms with Gasteiger partial charge in [0.25, 0.3) is 0 Å². The second-order valence-corrected chi connectivity index (χ2v) is 4.02. The maximum absolute atomic E-state index is 11.1. The quantitative estimate of drug-likeness (QED) is 0.316. The maximum Gasteiger partial charge on any atom is 0.235 e. The Morgan fingerprint density at radius 2 is 2.43 bits per heavy atom. The van der Waals surface area contributed by atoms with Gasteiger partial charge in [0.1, 0.15) is 0 Å². The summed E-state index contributed by atoms with van der Waals surface area (Å²) in [6.07, 6.45) is 2.66. The van der Waals surface area contributed by atoms with Crippen molar-refractivity contribution in [2.45, 2.75) is 38.3 Å². The largest absolute Gasteiger partial charge is 0.327 e. The molecule has 1 aliphatic rings. The van der Waals surface area contributed by atoms with Crippen LogP contribution in [-0.2, 0) is 4.79 Å². The summed E-state index contributed by atoms with van der Waals surface area (Å²) in [5.74, 6) is 4.92. The van der Waals surface area contributed by atoms with Gasteiger partial charge in [-0.15, -0.1) is 0 Å². The van der Waals surface area contributed by atoms with E-state index in [4.69, 9.17) is 11.6 Å². The van der Waals surface area contributed by atoms with Crippen LogP contribution in [0.5, 0.6) is 0 Å². The third-order valence-corrected chi connectivity index (χ3v) is 2.75. The molecule has 0 aromatic rings. The topological polar surface area (TPSA) is 84.4 Å². The maximum atomic E-state index is 11.1. The number of carbonyl (C=O) groups is 1. The van der Waals surface area contributed by atoms with Gasteiger partial charge in [-0.05, 0) is 26.3 Å². The number of nitrogens with one attached hydrogen (secondary N) is 1. The molecule has 14 heavy (non-hydrogen) atoms. The van der Waals surface area contributed by atoms with Crippen molar-refractivity contribution in [2.75, 3.05) is 13.1 Å². The fourth-order valence-corrected chi connectivity index (χ4v) is 1.90. The number of hydrogen-bond donors (Lipinski definition) is 3. The van der Waals surface area contributed by atoms with Crippen LogP contribution in [0.3, 0.4) is 0 Å². The zero-order valence-electron chi connectivity index (χ0n) is 8.70. The van der Waals surface area contributed by atoms with E-state index in [-0.39, 0.29) is 18.0 Å². The molecule has 5 heteroatoms. The van der Waals surface area contributed by atoms with E-state index in [0.29, 0.717) is 6.42 Å². The number of carbonyl (C=O) groups excluding carboxylic acids is 1. The number of rotatable bonds is 3. The van der Waals surface area contributed by atoms with Crippen molar-refractivity contribution in [2.24, 2.45) is 11.6 Å². The second kappa shape index (κ2) is 5.29. The monoisotopic (exact) mass is 200 g/mol. The van der Waals surface area contributed by atoms with Gasteiger partial charge in [-0.1, -0.05) is 0 Å². The van der Waals surface area contributed by atoms with Crippen LogP contribution in [0.15, 0.2) is 0 Å². The molecule has 1 amide bonds. The number of likely N-dealkylation sites (tertiary alicyclic amines) is 1. The highest BCUT2D eigenvalue weighted by molar-refractivity contribution is 5.75. The predicted octanol–water partition coefficient (Wildman–Crippen LogP) is -0.822. The summed E-state index contributed by atoms with van der Waals surface area (Å²) < 4.78 is 0. The SMILES string of the molecule is CC(CC(=O)NN)N1CCCC(N)C1. The van der Waals surface area contributed by atoms with Crippen LogP contribution in [0, 0.1) is 0 Å². The normalized spacial score (nSPS) is 25.8. The first kappa shape index (κ1) is 11.4. The van der Waals surface area contributed by atoms with E-state index in [1.165, 1.54) is 0 Å². The average Bonchev–Trinajstić information content (AvgIpc) is 2.17. The molecule has 2 unspecified atom stereocenters. The Balaban J connectivity index is 2.35. The number of piperidine rings is 1. The standard InChI is InChI=1S/C9H20N4O/c1-7(5-9(14)12-11)13-4-2-3-8(10)6-13/h7-8H,2-6,10-11H2,1H3,(H,12,14). The van der Waals surface area contributed by atoms with Crippen molar-refractivity contribution in [3.8, 4) is 0 Å². The summed E-state index contributed by atoms with van der Waals surface area (Å²) in [5.41, 5.74) is 8.01. The first-order valence-electron chi connectivity index (χ1n) is 5.12. The summed E-state index contributed by atoms with van der Waals surface area (Å²) in [6, 6.07) is 0.483. The molecule has 0 aromatic carbocycles. The molecule has 0 bridgehead atoms. The van der Waals surface area contributed by atoms with Gasteiger partial charge in [0.15, 0.2) is 0 Å². The molecule has 0 aliphatic carbocycles. The number of amides is 1. The minimum atomic E-state index is -0.114. The molecule has 1 saturated heterocycles. The molecule has 1 aliphatic heterocycles. The molecule has 0 radical (unpaired) electrons. The molecule has 1 fully saturated rings. The van der Waals surface area contributed by atoms with Crippen molar-refractivity contribution in [1.29, 1.82) is 0 Å². The highest BCUT2D eigenvalue weighted by atomic mass is 16.2. The van der Waals surface area contributed by atoms with Gasteiger partial charge in [-0.3, -0.25) is 15.1 Å². The van der Waals surface area contributed by atoms with Gasteiger partial charge >= 0.3 is 0 Å². The Kier molecular flexibility index (Phi) is 4.31. The number of hydrazine groups is 1. The second-order valence-electron chi connectivity index (χ2n) is 4.02. The van der Waals surface area contributed by atoms with Crippen molar-refractivity contribution in [1.82, 2.24) is 10.3 Å². The van der Waals surface area contributed by atoms with E-state index >= 15 is 0 Å². The van der Waals surface area contributed by atoms with Crippen LogP contribution in [0.4, 0.5) is 0 Å². The molecule has 5 N–H and O–H groups in total. The molecule has 1 rings (SSSR count). The fourth-order valence-electron chi connectivity index (χ4n) is 1.90. The predicted molar refractivity (Wildman–Crippen MR) is 55.2 cm³/mol. The van der Waals surface area contributed by atoms with Gasteiger partial charge in [0.2, 0.25) is 5.91 Å². The molecule has 0 spiro atoms. The van der Waals surface area contributed by atoms with Gasteiger partial charge in [0, 0.05) is 25.0 Å². The van der Waals surface area contributed by atoms with Gasteiger partial charge in [0.05, 0.1) is 0 Å². The lowest BCUT2D eigenvalue weighted by atomic mass is 10.0. The number of nitrogens with two attached hydrogens (primary N) is 2. The summed E-state index contributed by atoms with van der Waals surface area (Å²) >= 11 is 0. The Bertz CT molecular complexity index is 197. The Morgan fingerprint density at radius 1 is 1.71 bits per heavy atom. The van der Waals surface area contributed by atoms with E-state index in [1.807, 2.05) is 6.92 Å². The van der Waals surface area contributed by atoms with Crippen molar-refractivity contribution in [3.05, 3.63) is 0 Å². The van der Waals surface area contributed by atoms with Gasteiger partial charge < -0.3 is 5.73 Å². The minimum absolute atomic E-state index is 0.114. The van der Waals surface area contributed by atoms with Crippen LogP contribution in [0.1, 0.15) is 26.2 Å². The molecule has 1 heterocycles. The molecule has 0 saturated carbocycles. The van der Waals surface area contributed by atoms with Crippen LogP contribution in [0.2, 0.25) is 0 Å². The zero-order valence-corrected chi connectivity index (χ0v) is 8.70. The van der Waals surface area contributed by atoms with E-state index in [1.54, 1.807) is 0 Å². The van der Waals surface area contributed by atoms with E-state index < -0.39 is 0 Å². The van der Waals surface area contributed by atoms with E-state index in [0.717, 1.165) is 25.9 Å². The van der Waals surface area contributed by atoms with Crippen molar-refractivity contribution < 1.29 is 4.79 Å². The third-order valence-electron chi connectivity index (χ3n) is 2.75. The Labute approximate surface area is 84.8 Å². The third kappa shape index (κ3) is 3.25. The molecule has 5 nitrogen and oxygen atoms in total. The van der Waals surface area contributed by atoms with E-state index in [2.05, 4.69) is 10.3 Å². The van der Waals surface area contributed by atoms with Crippen LogP contribution >= 0.6 is 0 Å². The summed E-state index contributed by atoms with van der Waals surface area (Å²) in [7, 11) is 0. The van der Waals surface area contributed by atoms with Gasteiger partial charge in [-0.25, -0.2) is 5.84 Å². The summed E-state index contributed by atoms with van der Waals surface area (Å²) in [5, 5.41) is 0. The first-order valence-corrected chi connectivity index (χ1v) is 5.12. The first-order chi connectivity index (χ1) is 6.63. The minimum Gasteiger partial charge on any atom is -0.327 e. The smallest absolute Gasteiger partial charge is 0.235 e. The van der Waals surface area contributed by atoms with Crippen LogP contribution in [-0.4, -0.2) is 36.0 Å². The highest BCUT2D eigenvalue weighted by Crippen LogP contribution is 2.13. The van der Waals surface area contributed by atoms with Crippen molar-refractivity contribution in [3.63, 3.8) is 0 Å². The lowest BCUT2D eigenvalue weighted by molar-refractivity contribution is -0.122. The fraction of sp³-hybridized carbons (Fsp3) is 0.889. The lowest BCUT2D eigenvalue weighted by Gasteiger charge is -2.35. The zero-order chi connectivity index (χ0) is 10.6. The molecule has 82 valence electrons. The lowest BCUT2D eigenvalue weighted by Crippen LogP contribution is -2.48. The summed E-state index contributed by atoms with van der Waals surface area (Å²) in [6.45, 7) is 3.96. The highest BCUT2D eigenvalue weighted by Gasteiger charge is 2.22. The van der Waals surface area contributed by atoms with Crippen LogP contribution < -0.4 is 17.0 Å². The summed E-state index contributed by atoms with van der Waals surface area (Å²) in [4.78, 5) is 13.3. The van der Waals surface area contributed by atoms with Crippen molar-refractivity contribution >= 4 is 5.91 Å².